The van der Waals surface area contributed by atoms with Crippen LogP contribution in [0.5, 0.6) is 17.2 Å². The average Bonchev–Trinajstić information content (AvgIpc) is 3.66. The van der Waals surface area contributed by atoms with Gasteiger partial charge >= 0.3 is 5.97 Å². The van der Waals surface area contributed by atoms with Crippen LogP contribution in [0.3, 0.4) is 0 Å². The maximum absolute atomic E-state index is 12.4. The Bertz CT molecular complexity index is 1700. The Balaban J connectivity index is 1.35. The number of esters is 1. The van der Waals surface area contributed by atoms with Gasteiger partial charge in [0.2, 0.25) is 0 Å². The van der Waals surface area contributed by atoms with E-state index < -0.39 is 5.97 Å². The Morgan fingerprint density at radius 3 is 2.24 bits per heavy atom. The zero-order valence-electron chi connectivity index (χ0n) is 22.9. The lowest BCUT2D eigenvalue weighted by molar-refractivity contribution is 0.0601. The summed E-state index contributed by atoms with van der Waals surface area (Å²) in [6, 6.07) is 31.2. The topological polar surface area (TPSA) is 86.1 Å². The number of pyridine rings is 1. The monoisotopic (exact) mass is 577 g/mol. The second kappa shape index (κ2) is 11.8. The van der Waals surface area contributed by atoms with Crippen molar-refractivity contribution < 1.29 is 23.4 Å². The summed E-state index contributed by atoms with van der Waals surface area (Å²) in [4.78, 5) is 19.1. The summed E-state index contributed by atoms with van der Waals surface area (Å²) in [6.45, 7) is 0. The van der Waals surface area contributed by atoms with Crippen LogP contribution < -0.4 is 19.7 Å². The van der Waals surface area contributed by atoms with Gasteiger partial charge in [0, 0.05) is 17.4 Å². The molecule has 0 amide bonds. The van der Waals surface area contributed by atoms with Crippen LogP contribution in [0.25, 0.3) is 11.3 Å². The summed E-state index contributed by atoms with van der Waals surface area (Å²) in [5.74, 6) is 2.91. The maximum atomic E-state index is 12.4. The molecule has 0 saturated carbocycles. The highest BCUT2D eigenvalue weighted by Gasteiger charge is 2.42. The van der Waals surface area contributed by atoms with Gasteiger partial charge in [-0.1, -0.05) is 24.3 Å². The number of rotatable bonds is 8. The number of thiocarbonyl (C=S) groups is 1. The van der Waals surface area contributed by atoms with E-state index in [9.17, 15) is 4.79 Å². The standard InChI is InChI=1S/C33H27N3O5S/c1-38-22-14-16-24(17-15-22)40-23-12-10-21(11-13-23)36-31(30(35-33(36)42)27-9-5-6-20-34-27)29-19-18-28(41-29)25-7-3-4-8-26(25)32(37)39-2/h3-20,30-31H,1-2H3,(H,35,42). The van der Waals surface area contributed by atoms with Crippen LogP contribution in [-0.2, 0) is 4.74 Å². The number of aromatic nitrogens is 1. The number of hydrogen-bond acceptors (Lipinski definition) is 7. The van der Waals surface area contributed by atoms with Crippen molar-refractivity contribution in [1.29, 1.82) is 0 Å². The summed E-state index contributed by atoms with van der Waals surface area (Å²) >= 11 is 5.85. The normalized spacial score (nSPS) is 16.1. The van der Waals surface area contributed by atoms with E-state index in [-0.39, 0.29) is 12.1 Å². The zero-order chi connectivity index (χ0) is 29.1. The van der Waals surface area contributed by atoms with Crippen molar-refractivity contribution in [3.63, 3.8) is 0 Å². The summed E-state index contributed by atoms with van der Waals surface area (Å²) in [5, 5.41) is 3.97. The number of nitrogens with zero attached hydrogens (tertiary/aromatic N) is 2. The molecule has 0 radical (unpaired) electrons. The van der Waals surface area contributed by atoms with Crippen LogP contribution >= 0.6 is 12.2 Å². The quantitative estimate of drug-likeness (QED) is 0.153. The molecular weight excluding hydrogens is 550 g/mol. The highest BCUT2D eigenvalue weighted by molar-refractivity contribution is 7.80. The first kappa shape index (κ1) is 27.0. The number of carbonyl (C=O) groups excluding carboxylic acids is 1. The van der Waals surface area contributed by atoms with E-state index in [2.05, 4.69) is 10.3 Å². The third-order valence-electron chi connectivity index (χ3n) is 7.02. The first-order chi connectivity index (χ1) is 20.6. The van der Waals surface area contributed by atoms with Gasteiger partial charge in [-0.15, -0.1) is 0 Å². The molecule has 8 nitrogen and oxygen atoms in total. The molecular formula is C33H27N3O5S. The Kier molecular flexibility index (Phi) is 7.57. The third-order valence-corrected chi connectivity index (χ3v) is 7.34. The van der Waals surface area contributed by atoms with Gasteiger partial charge in [0.25, 0.3) is 0 Å². The molecule has 6 rings (SSSR count). The van der Waals surface area contributed by atoms with Crippen molar-refractivity contribution in [1.82, 2.24) is 10.3 Å². The second-order valence-corrected chi connectivity index (χ2v) is 9.89. The van der Waals surface area contributed by atoms with Crippen LogP contribution in [0.1, 0.15) is 33.9 Å². The van der Waals surface area contributed by atoms with Gasteiger partial charge in [-0.25, -0.2) is 4.79 Å². The minimum absolute atomic E-state index is 0.288. The van der Waals surface area contributed by atoms with Gasteiger partial charge in [-0.05, 0) is 91.1 Å². The van der Waals surface area contributed by atoms with E-state index in [0.717, 1.165) is 17.1 Å². The Labute approximate surface area is 248 Å². The Morgan fingerprint density at radius 2 is 1.55 bits per heavy atom. The van der Waals surface area contributed by atoms with Crippen LogP contribution in [0, 0.1) is 0 Å². The molecule has 2 aromatic heterocycles. The first-order valence-corrected chi connectivity index (χ1v) is 13.7. The van der Waals surface area contributed by atoms with Gasteiger partial charge in [0.05, 0.1) is 31.5 Å². The van der Waals surface area contributed by atoms with E-state index in [0.29, 0.717) is 39.3 Å². The van der Waals surface area contributed by atoms with Crippen molar-refractivity contribution in [2.75, 3.05) is 19.1 Å². The number of hydrogen-bond donors (Lipinski definition) is 1. The number of nitrogens with one attached hydrogen (secondary N) is 1. The molecule has 1 N–H and O–H groups in total. The third kappa shape index (κ3) is 5.29. The number of anilines is 1. The highest BCUT2D eigenvalue weighted by atomic mass is 32.1. The van der Waals surface area contributed by atoms with Crippen LogP contribution in [-0.4, -0.2) is 30.3 Å². The van der Waals surface area contributed by atoms with Crippen molar-refractivity contribution in [3.8, 4) is 28.6 Å². The highest BCUT2D eigenvalue weighted by Crippen LogP contribution is 2.43. The molecule has 42 heavy (non-hydrogen) atoms. The molecule has 1 aliphatic rings. The molecule has 3 aromatic carbocycles. The molecule has 1 saturated heterocycles. The van der Waals surface area contributed by atoms with E-state index in [1.165, 1.54) is 7.11 Å². The fourth-order valence-corrected chi connectivity index (χ4v) is 5.36. The summed E-state index contributed by atoms with van der Waals surface area (Å²) < 4.78 is 22.7. The van der Waals surface area contributed by atoms with Crippen molar-refractivity contribution in [2.24, 2.45) is 0 Å². The predicted octanol–water partition coefficient (Wildman–Crippen LogP) is 7.11. The summed E-state index contributed by atoms with van der Waals surface area (Å²) in [7, 11) is 2.99. The number of benzene rings is 3. The number of methoxy groups -OCH3 is 2. The predicted molar refractivity (Wildman–Crippen MR) is 163 cm³/mol. The largest absolute Gasteiger partial charge is 0.497 e. The Morgan fingerprint density at radius 1 is 0.857 bits per heavy atom. The van der Waals surface area contributed by atoms with Crippen LogP contribution in [0.15, 0.2) is 114 Å². The van der Waals surface area contributed by atoms with Gasteiger partial charge in [-0.3, -0.25) is 4.98 Å². The maximum Gasteiger partial charge on any atom is 0.338 e. The second-order valence-electron chi connectivity index (χ2n) is 9.51. The molecule has 1 aliphatic heterocycles. The van der Waals surface area contributed by atoms with Gasteiger partial charge in [0.15, 0.2) is 5.11 Å². The lowest BCUT2D eigenvalue weighted by Crippen LogP contribution is -2.29. The Hall–Kier alpha value is -5.15. The number of furan rings is 1. The minimum atomic E-state index is -0.433. The molecule has 3 heterocycles. The molecule has 0 bridgehead atoms. The van der Waals surface area contributed by atoms with Crippen molar-refractivity contribution in [3.05, 3.63) is 126 Å². The number of carbonyl (C=O) groups is 1. The van der Waals surface area contributed by atoms with E-state index >= 15 is 0 Å². The molecule has 210 valence electrons. The van der Waals surface area contributed by atoms with Crippen LogP contribution in [0.4, 0.5) is 5.69 Å². The summed E-state index contributed by atoms with van der Waals surface area (Å²) in [5.41, 5.74) is 2.74. The van der Waals surface area contributed by atoms with Crippen molar-refractivity contribution in [2.45, 2.75) is 12.1 Å². The van der Waals surface area contributed by atoms with Crippen molar-refractivity contribution >= 4 is 29.0 Å². The van der Waals surface area contributed by atoms with E-state index in [1.54, 1.807) is 25.4 Å². The fraction of sp³-hybridized carbons (Fsp3) is 0.121. The molecule has 1 fully saturated rings. The molecule has 0 spiro atoms. The molecule has 2 unspecified atom stereocenters. The lowest BCUT2D eigenvalue weighted by Gasteiger charge is -2.26. The molecule has 2 atom stereocenters. The number of ether oxygens (including phenoxy) is 3. The summed E-state index contributed by atoms with van der Waals surface area (Å²) in [6.07, 6.45) is 1.76. The smallest absolute Gasteiger partial charge is 0.338 e. The zero-order valence-corrected chi connectivity index (χ0v) is 23.7. The van der Waals surface area contributed by atoms with Gasteiger partial charge < -0.3 is 28.8 Å². The van der Waals surface area contributed by atoms with Gasteiger partial charge in [-0.2, -0.15) is 0 Å². The molecule has 9 heteroatoms. The molecule has 5 aromatic rings. The average molecular weight is 578 g/mol. The first-order valence-electron chi connectivity index (χ1n) is 13.3. The van der Waals surface area contributed by atoms with Crippen LogP contribution in [0.2, 0.25) is 0 Å². The minimum Gasteiger partial charge on any atom is -0.497 e. The lowest BCUT2D eigenvalue weighted by atomic mass is 10.0. The van der Waals surface area contributed by atoms with E-state index in [1.807, 2.05) is 95.9 Å². The van der Waals surface area contributed by atoms with E-state index in [4.69, 9.17) is 30.8 Å². The fourth-order valence-electron chi connectivity index (χ4n) is 5.02. The SMILES string of the molecule is COC(=O)c1ccccc1-c1ccc(C2C(c3ccccn3)NC(=S)N2c2ccc(Oc3ccc(OC)cc3)cc2)o1. The van der Waals surface area contributed by atoms with Gasteiger partial charge in [0.1, 0.15) is 34.8 Å². The molecule has 0 aliphatic carbocycles.